The zero-order valence-electron chi connectivity index (χ0n) is 27.8. The molecule has 0 spiro atoms. The molecule has 264 valence electrons. The number of pyridine rings is 1. The predicted molar refractivity (Wildman–Crippen MR) is 178 cm³/mol. The molecule has 2 saturated carbocycles. The molecule has 0 bridgehead atoms. The molecule has 0 radical (unpaired) electrons. The van der Waals surface area contributed by atoms with E-state index in [0.29, 0.717) is 36.8 Å². The number of rotatable bonds is 7. The summed E-state index contributed by atoms with van der Waals surface area (Å²) in [6.07, 6.45) is 6.47. The Labute approximate surface area is 285 Å². The summed E-state index contributed by atoms with van der Waals surface area (Å²) in [6, 6.07) is 4.93. The topological polar surface area (TPSA) is 193 Å². The number of benzene rings is 1. The molecule has 49 heavy (non-hydrogen) atoms. The van der Waals surface area contributed by atoms with Gasteiger partial charge in [0.05, 0.1) is 18.9 Å². The van der Waals surface area contributed by atoms with Crippen LogP contribution in [0.25, 0.3) is 10.8 Å². The first-order valence-corrected chi connectivity index (χ1v) is 18.3. The van der Waals surface area contributed by atoms with Crippen molar-refractivity contribution in [2.24, 2.45) is 17.8 Å². The van der Waals surface area contributed by atoms with Gasteiger partial charge < -0.3 is 30.1 Å². The van der Waals surface area contributed by atoms with Crippen LogP contribution < -0.4 is 24.8 Å². The molecule has 1 saturated heterocycles. The minimum absolute atomic E-state index is 0.0234. The summed E-state index contributed by atoms with van der Waals surface area (Å²) in [6.45, 7) is 3.76. The molecule has 3 heterocycles. The van der Waals surface area contributed by atoms with Crippen LogP contribution in [-0.2, 0) is 24.4 Å². The van der Waals surface area contributed by atoms with E-state index < -0.39 is 68.7 Å². The largest absolute Gasteiger partial charge is 0.497 e. The average molecular weight is 698 g/mol. The van der Waals surface area contributed by atoms with E-state index in [9.17, 15) is 32.7 Å². The van der Waals surface area contributed by atoms with Crippen molar-refractivity contribution in [1.82, 2.24) is 25.2 Å². The fourth-order valence-corrected chi connectivity index (χ4v) is 8.32. The van der Waals surface area contributed by atoms with Crippen molar-refractivity contribution in [3.05, 3.63) is 42.6 Å². The van der Waals surface area contributed by atoms with Crippen molar-refractivity contribution >= 4 is 44.6 Å². The highest BCUT2D eigenvalue weighted by atomic mass is 32.2. The van der Waals surface area contributed by atoms with E-state index >= 15 is 0 Å². The summed E-state index contributed by atoms with van der Waals surface area (Å²) in [5.74, 6) is -1.86. The van der Waals surface area contributed by atoms with Crippen LogP contribution in [0.1, 0.15) is 58.8 Å². The summed E-state index contributed by atoms with van der Waals surface area (Å²) < 4.78 is 39.4. The number of fused-ring (bicyclic) bond motifs is 3. The smallest absolute Gasteiger partial charge is 0.405 e. The fourth-order valence-electron chi connectivity index (χ4n) is 6.96. The van der Waals surface area contributed by atoms with E-state index in [1.807, 2.05) is 25.1 Å². The minimum atomic E-state index is -3.90. The number of hydrogen-bond acceptors (Lipinski definition) is 9. The number of carbonyl (C=O) groups excluding carboxylic acids is 3. The maximum absolute atomic E-state index is 14.2. The van der Waals surface area contributed by atoms with E-state index in [0.717, 1.165) is 11.8 Å². The number of carboxylic acid groups (broad SMARTS) is 1. The third kappa shape index (κ3) is 7.31. The minimum Gasteiger partial charge on any atom is -0.497 e. The van der Waals surface area contributed by atoms with Gasteiger partial charge in [0.2, 0.25) is 27.7 Å². The van der Waals surface area contributed by atoms with E-state index in [1.165, 1.54) is 4.90 Å². The van der Waals surface area contributed by atoms with Crippen LogP contribution in [0, 0.1) is 17.8 Å². The molecule has 4 amide bonds. The Morgan fingerprint density at radius 3 is 2.59 bits per heavy atom. The lowest BCUT2D eigenvalue weighted by atomic mass is 9.92. The molecule has 2 aliphatic carbocycles. The molecule has 0 unspecified atom stereocenters. The van der Waals surface area contributed by atoms with Gasteiger partial charge >= 0.3 is 6.09 Å². The lowest BCUT2D eigenvalue weighted by molar-refractivity contribution is -0.142. The van der Waals surface area contributed by atoms with Gasteiger partial charge in [0.15, 0.2) is 0 Å². The summed E-state index contributed by atoms with van der Waals surface area (Å²) in [4.78, 5) is 59.7. The van der Waals surface area contributed by atoms with E-state index in [4.69, 9.17) is 9.47 Å². The second-order valence-corrected chi connectivity index (χ2v) is 15.8. The second kappa shape index (κ2) is 13.5. The molecule has 2 aromatic rings. The summed E-state index contributed by atoms with van der Waals surface area (Å²) in [7, 11) is -2.33. The Morgan fingerprint density at radius 2 is 1.88 bits per heavy atom. The normalized spacial score (nSPS) is 31.3. The lowest BCUT2D eigenvalue weighted by Crippen LogP contribution is -2.59. The number of hydrogen-bond donors (Lipinski definition) is 4. The first-order valence-electron chi connectivity index (χ1n) is 16.8. The number of aromatic nitrogens is 1. The standard InChI is InChI=1S/C34H43N5O9S/c1-19-5-4-6-20(2)28(36-33(43)44)31(41)39-18-24(48-30-26-12-9-23(47-3)15-21(26)13-14-35-30)16-27(39)29(40)37-34(17-22(34)8-7-19)32(42)38-49(45,46)25-10-11-25/h7-9,12-15,19-20,22,24-25,27-28,36H,4-6,10-11,16-18H2,1-3H3,(H,37,40)(H,38,42)(H,43,44)/b8-7-/t19-,20+,22+,24+,27-,28-,34+/m0/s1. The van der Waals surface area contributed by atoms with E-state index in [1.54, 1.807) is 38.4 Å². The van der Waals surface area contributed by atoms with Crippen molar-refractivity contribution in [3.8, 4) is 11.6 Å². The average Bonchev–Trinajstić information content (AvgIpc) is 3.98. The summed E-state index contributed by atoms with van der Waals surface area (Å²) in [5, 5.41) is 15.8. The second-order valence-electron chi connectivity index (χ2n) is 13.8. The maximum atomic E-state index is 14.2. The molecule has 15 heteroatoms. The van der Waals surface area contributed by atoms with Gasteiger partial charge in [-0.3, -0.25) is 19.1 Å². The Bertz CT molecular complexity index is 1780. The molecule has 4 N–H and O–H groups in total. The SMILES string of the molecule is COc1ccc2c(O[C@@H]3C[C@H]4C(=O)N[C@]5(C(=O)NS(=O)(=O)C6CC6)C[C@H]5/C=C\[C@@H](C)CCC[C@@H](C)[C@H](NC(=O)O)C(=O)N4C3)nccc2c1. The highest BCUT2D eigenvalue weighted by Gasteiger charge is 2.62. The third-order valence-corrected chi connectivity index (χ3v) is 12.0. The predicted octanol–water partition coefficient (Wildman–Crippen LogP) is 2.72. The van der Waals surface area contributed by atoms with E-state index in [-0.39, 0.29) is 37.1 Å². The highest BCUT2D eigenvalue weighted by molar-refractivity contribution is 7.91. The van der Waals surface area contributed by atoms with Crippen LogP contribution in [0.15, 0.2) is 42.6 Å². The number of carbonyl (C=O) groups is 4. The van der Waals surface area contributed by atoms with Crippen LogP contribution in [0.3, 0.4) is 0 Å². The van der Waals surface area contributed by atoms with Gasteiger partial charge in [-0.1, -0.05) is 32.4 Å². The van der Waals surface area contributed by atoms with E-state index in [2.05, 4.69) is 20.3 Å². The highest BCUT2D eigenvalue weighted by Crippen LogP contribution is 2.46. The summed E-state index contributed by atoms with van der Waals surface area (Å²) in [5.41, 5.74) is -1.52. The molecular formula is C34H43N5O9S. The van der Waals surface area contributed by atoms with Crippen molar-refractivity contribution in [1.29, 1.82) is 0 Å². The number of sulfonamides is 1. The molecule has 14 nitrogen and oxygen atoms in total. The maximum Gasteiger partial charge on any atom is 0.405 e. The number of nitrogens with zero attached hydrogens (tertiary/aromatic N) is 2. The van der Waals surface area contributed by atoms with Crippen molar-refractivity contribution in [2.45, 2.75) is 87.8 Å². The lowest BCUT2D eigenvalue weighted by Gasteiger charge is -2.31. The zero-order chi connectivity index (χ0) is 35.1. The first kappa shape index (κ1) is 34.5. The van der Waals surface area contributed by atoms with Crippen LogP contribution >= 0.6 is 0 Å². The van der Waals surface area contributed by atoms with Crippen molar-refractivity contribution in [2.75, 3.05) is 13.7 Å². The molecular weight excluding hydrogens is 654 g/mol. The monoisotopic (exact) mass is 697 g/mol. The Kier molecular flexibility index (Phi) is 9.48. The number of nitrogens with one attached hydrogen (secondary N) is 3. The number of allylic oxidation sites excluding steroid dienone is 1. The van der Waals surface area contributed by atoms with Gasteiger partial charge in [-0.05, 0) is 73.6 Å². The van der Waals surface area contributed by atoms with Crippen LogP contribution in [-0.4, -0.2) is 89.9 Å². The molecule has 4 aliphatic rings. The summed E-state index contributed by atoms with van der Waals surface area (Å²) >= 11 is 0. The van der Waals surface area contributed by atoms with Gasteiger partial charge in [-0.2, -0.15) is 0 Å². The Hall–Kier alpha value is -4.40. The van der Waals surface area contributed by atoms with Gasteiger partial charge in [0, 0.05) is 23.9 Å². The third-order valence-electron chi connectivity index (χ3n) is 10.1. The quantitative estimate of drug-likeness (QED) is 0.313. The molecule has 2 aliphatic heterocycles. The van der Waals surface area contributed by atoms with Crippen molar-refractivity contribution in [3.63, 3.8) is 0 Å². The number of amides is 4. The molecule has 1 aromatic heterocycles. The van der Waals surface area contributed by atoms with Gasteiger partial charge in [0.25, 0.3) is 5.91 Å². The number of ether oxygens (including phenoxy) is 2. The first-order chi connectivity index (χ1) is 23.3. The molecule has 3 fully saturated rings. The fraction of sp³-hybridized carbons (Fsp3) is 0.559. The molecule has 6 rings (SSSR count). The Morgan fingerprint density at radius 1 is 1.10 bits per heavy atom. The number of methoxy groups -OCH3 is 1. The van der Waals surface area contributed by atoms with Gasteiger partial charge in [-0.15, -0.1) is 0 Å². The Balaban J connectivity index is 1.33. The van der Waals surface area contributed by atoms with Crippen LogP contribution in [0.4, 0.5) is 4.79 Å². The molecule has 7 atom stereocenters. The van der Waals surface area contributed by atoms with Crippen LogP contribution in [0.2, 0.25) is 0 Å². The van der Waals surface area contributed by atoms with Gasteiger partial charge in [-0.25, -0.2) is 18.2 Å². The van der Waals surface area contributed by atoms with Crippen molar-refractivity contribution < 1.29 is 42.2 Å². The van der Waals surface area contributed by atoms with Crippen LogP contribution in [0.5, 0.6) is 11.6 Å². The van der Waals surface area contributed by atoms with Gasteiger partial charge in [0.1, 0.15) is 29.5 Å². The molecule has 1 aromatic carbocycles. The zero-order valence-corrected chi connectivity index (χ0v) is 28.6.